The van der Waals surface area contributed by atoms with Crippen molar-refractivity contribution >= 4 is 21.7 Å². The molecule has 0 spiro atoms. The molecule has 1 unspecified atom stereocenters. The quantitative estimate of drug-likeness (QED) is 0.734. The number of hydrogen-bond donors (Lipinski definition) is 0. The molecule has 1 aromatic carbocycles. The van der Waals surface area contributed by atoms with Crippen molar-refractivity contribution in [2.24, 2.45) is 0 Å². The lowest BCUT2D eigenvalue weighted by atomic mass is 10.2. The molecular weight excluding hydrogens is 356 g/mol. The lowest BCUT2D eigenvalue weighted by Gasteiger charge is -2.23. The fourth-order valence-electron chi connectivity index (χ4n) is 2.87. The molecule has 1 aromatic heterocycles. The van der Waals surface area contributed by atoms with E-state index in [1.807, 2.05) is 29.1 Å². The molecule has 138 valence electrons. The molecule has 2 heterocycles. The molecule has 3 rings (SSSR count). The van der Waals surface area contributed by atoms with Gasteiger partial charge in [-0.25, -0.2) is 13.2 Å². The first kappa shape index (κ1) is 18.2. The van der Waals surface area contributed by atoms with Crippen molar-refractivity contribution in [1.29, 1.82) is 0 Å². The molecule has 2 aromatic rings. The van der Waals surface area contributed by atoms with Gasteiger partial charge in [0.2, 0.25) is 0 Å². The van der Waals surface area contributed by atoms with Gasteiger partial charge in [-0.3, -0.25) is 4.79 Å². The summed E-state index contributed by atoms with van der Waals surface area (Å²) in [6.45, 7) is -0.411. The number of benzene rings is 1. The second kappa shape index (κ2) is 7.33. The lowest BCUT2D eigenvalue weighted by molar-refractivity contribution is -0.134. The molecule has 0 N–H and O–H groups in total. The molecule has 1 fully saturated rings. The zero-order valence-electron chi connectivity index (χ0n) is 14.4. The maximum Gasteiger partial charge on any atom is 0.338 e. The van der Waals surface area contributed by atoms with Crippen molar-refractivity contribution < 1.29 is 22.7 Å². The predicted octanol–water partition coefficient (Wildman–Crippen LogP) is 1.28. The Morgan fingerprint density at radius 3 is 2.42 bits per heavy atom. The van der Waals surface area contributed by atoms with Gasteiger partial charge < -0.3 is 14.2 Å². The van der Waals surface area contributed by atoms with E-state index >= 15 is 0 Å². The largest absolute Gasteiger partial charge is 0.452 e. The maximum absolute atomic E-state index is 12.1. The molecule has 1 saturated heterocycles. The lowest BCUT2D eigenvalue weighted by Crippen LogP contribution is -2.40. The van der Waals surface area contributed by atoms with Crippen LogP contribution in [0.4, 0.5) is 0 Å². The van der Waals surface area contributed by atoms with Gasteiger partial charge in [0.15, 0.2) is 16.4 Å². The molecule has 0 radical (unpaired) electrons. The summed E-state index contributed by atoms with van der Waals surface area (Å²) in [4.78, 5) is 25.6. The summed E-state index contributed by atoms with van der Waals surface area (Å²) < 4.78 is 30.0. The highest BCUT2D eigenvalue weighted by molar-refractivity contribution is 7.91. The van der Waals surface area contributed by atoms with Crippen LogP contribution in [0.15, 0.2) is 48.8 Å². The number of rotatable bonds is 5. The van der Waals surface area contributed by atoms with E-state index in [0.29, 0.717) is 12.0 Å². The second-order valence-electron chi connectivity index (χ2n) is 6.27. The van der Waals surface area contributed by atoms with Crippen molar-refractivity contribution in [3.8, 4) is 5.69 Å². The molecule has 1 aliphatic heterocycles. The summed E-state index contributed by atoms with van der Waals surface area (Å²) in [5.74, 6) is -0.957. The summed E-state index contributed by atoms with van der Waals surface area (Å²) in [7, 11) is -1.54. The molecule has 7 nitrogen and oxygen atoms in total. The number of aromatic nitrogens is 1. The van der Waals surface area contributed by atoms with E-state index in [9.17, 15) is 18.0 Å². The molecule has 1 atom stereocenters. The Hall–Kier alpha value is -2.61. The predicted molar refractivity (Wildman–Crippen MR) is 95.9 cm³/mol. The summed E-state index contributed by atoms with van der Waals surface area (Å²) in [5, 5.41) is 0. The van der Waals surface area contributed by atoms with Crippen molar-refractivity contribution in [2.75, 3.05) is 25.2 Å². The topological polar surface area (TPSA) is 85.7 Å². The number of sulfone groups is 1. The summed E-state index contributed by atoms with van der Waals surface area (Å²) >= 11 is 0. The third kappa shape index (κ3) is 4.13. The van der Waals surface area contributed by atoms with Gasteiger partial charge in [0.05, 0.1) is 17.1 Å². The summed E-state index contributed by atoms with van der Waals surface area (Å²) in [6.07, 6.45) is 4.20. The highest BCUT2D eigenvalue weighted by Gasteiger charge is 2.32. The molecule has 8 heteroatoms. The number of esters is 1. The Morgan fingerprint density at radius 2 is 1.85 bits per heavy atom. The number of ether oxygens (including phenoxy) is 1. The van der Waals surface area contributed by atoms with Gasteiger partial charge in [0, 0.05) is 31.2 Å². The minimum Gasteiger partial charge on any atom is -0.452 e. The zero-order valence-corrected chi connectivity index (χ0v) is 15.2. The van der Waals surface area contributed by atoms with Crippen LogP contribution in [-0.4, -0.2) is 61.0 Å². The summed E-state index contributed by atoms with van der Waals surface area (Å²) in [6, 6.07) is 10.3. The Balaban J connectivity index is 1.54. The van der Waals surface area contributed by atoms with Crippen LogP contribution in [0, 0.1) is 0 Å². The van der Waals surface area contributed by atoms with Gasteiger partial charge in [0.1, 0.15) is 0 Å². The van der Waals surface area contributed by atoms with Crippen LogP contribution in [-0.2, 0) is 19.4 Å². The number of nitrogens with zero attached hydrogens (tertiary/aromatic N) is 2. The van der Waals surface area contributed by atoms with Gasteiger partial charge in [-0.1, -0.05) is 0 Å². The maximum atomic E-state index is 12.1. The smallest absolute Gasteiger partial charge is 0.338 e. The van der Waals surface area contributed by atoms with Crippen LogP contribution in [0.5, 0.6) is 0 Å². The average Bonchev–Trinajstić information content (AvgIpc) is 3.28. The van der Waals surface area contributed by atoms with Gasteiger partial charge >= 0.3 is 5.97 Å². The molecule has 26 heavy (non-hydrogen) atoms. The van der Waals surface area contributed by atoms with E-state index in [1.54, 1.807) is 24.3 Å². The molecule has 0 aliphatic carbocycles. The highest BCUT2D eigenvalue weighted by Crippen LogP contribution is 2.17. The fraction of sp³-hybridized carbons (Fsp3) is 0.333. The normalized spacial score (nSPS) is 18.4. The van der Waals surface area contributed by atoms with E-state index < -0.39 is 28.3 Å². The molecule has 1 aliphatic rings. The number of amides is 1. The van der Waals surface area contributed by atoms with Crippen LogP contribution in [0.25, 0.3) is 5.69 Å². The van der Waals surface area contributed by atoms with Crippen molar-refractivity contribution in [3.63, 3.8) is 0 Å². The van der Waals surface area contributed by atoms with Crippen LogP contribution >= 0.6 is 0 Å². The number of carbonyl (C=O) groups is 2. The van der Waals surface area contributed by atoms with Crippen LogP contribution in [0.1, 0.15) is 16.8 Å². The second-order valence-corrected chi connectivity index (χ2v) is 8.50. The Kier molecular flexibility index (Phi) is 5.13. The monoisotopic (exact) mass is 376 g/mol. The van der Waals surface area contributed by atoms with Gasteiger partial charge in [-0.15, -0.1) is 0 Å². The van der Waals surface area contributed by atoms with Crippen molar-refractivity contribution in [1.82, 2.24) is 9.47 Å². The van der Waals surface area contributed by atoms with E-state index in [-0.39, 0.29) is 17.5 Å². The number of likely N-dealkylation sites (N-methyl/N-ethyl adjacent to an activating group) is 1. The molecule has 0 bridgehead atoms. The third-order valence-electron chi connectivity index (χ3n) is 4.48. The van der Waals surface area contributed by atoms with E-state index in [2.05, 4.69) is 0 Å². The SMILES string of the molecule is CN(C(=O)COC(=O)c1ccc(-n2cccc2)cc1)C1CCS(=O)(=O)C1. The molecule has 0 saturated carbocycles. The molecular formula is C18H20N2O5S. The van der Waals surface area contributed by atoms with Crippen LogP contribution in [0.2, 0.25) is 0 Å². The third-order valence-corrected chi connectivity index (χ3v) is 6.23. The van der Waals surface area contributed by atoms with Crippen LogP contribution in [0.3, 0.4) is 0 Å². The Labute approximate surface area is 152 Å². The Bertz CT molecular complexity index is 888. The summed E-state index contributed by atoms with van der Waals surface area (Å²) in [5.41, 5.74) is 1.25. The number of carbonyl (C=O) groups excluding carboxylic acids is 2. The minimum absolute atomic E-state index is 0.0377. The van der Waals surface area contributed by atoms with Gasteiger partial charge in [0.25, 0.3) is 5.91 Å². The first-order chi connectivity index (χ1) is 12.4. The van der Waals surface area contributed by atoms with E-state index in [4.69, 9.17) is 4.74 Å². The minimum atomic E-state index is -3.07. The first-order valence-electron chi connectivity index (χ1n) is 8.22. The zero-order chi connectivity index (χ0) is 18.7. The Morgan fingerprint density at radius 1 is 1.19 bits per heavy atom. The van der Waals surface area contributed by atoms with Crippen molar-refractivity contribution in [3.05, 3.63) is 54.4 Å². The van der Waals surface area contributed by atoms with E-state index in [1.165, 1.54) is 11.9 Å². The fourth-order valence-corrected chi connectivity index (χ4v) is 4.65. The standard InChI is InChI=1S/C18H20N2O5S/c1-19(16-8-11-26(23,24)13-16)17(21)12-25-18(22)14-4-6-15(7-5-14)20-9-2-3-10-20/h2-7,9-10,16H,8,11-13H2,1H3. The van der Waals surface area contributed by atoms with Gasteiger partial charge in [-0.05, 0) is 42.8 Å². The number of hydrogen-bond acceptors (Lipinski definition) is 5. The van der Waals surface area contributed by atoms with Gasteiger partial charge in [-0.2, -0.15) is 0 Å². The van der Waals surface area contributed by atoms with Crippen molar-refractivity contribution in [2.45, 2.75) is 12.5 Å². The first-order valence-corrected chi connectivity index (χ1v) is 10.0. The van der Waals surface area contributed by atoms with Crippen LogP contribution < -0.4 is 0 Å². The molecule has 1 amide bonds. The average molecular weight is 376 g/mol. The van der Waals surface area contributed by atoms with E-state index in [0.717, 1.165) is 5.69 Å². The highest BCUT2D eigenvalue weighted by atomic mass is 32.2.